The summed E-state index contributed by atoms with van der Waals surface area (Å²) in [7, 11) is 0. The number of nitrogens with zero attached hydrogens (tertiary/aromatic N) is 1. The maximum Gasteiger partial charge on any atom is 0.361 e. The van der Waals surface area contributed by atoms with Crippen LogP contribution in [0.4, 0.5) is 0 Å². The molecule has 2 aromatic carbocycles. The first-order valence-corrected chi connectivity index (χ1v) is 10.8. The summed E-state index contributed by atoms with van der Waals surface area (Å²) in [5.74, 6) is 0.227. The quantitative estimate of drug-likeness (QED) is 0.596. The molecule has 1 aromatic heterocycles. The first-order chi connectivity index (χ1) is 15.2. The minimum atomic E-state index is -0.618. The van der Waals surface area contributed by atoms with Gasteiger partial charge in [0.1, 0.15) is 5.76 Å². The Bertz CT molecular complexity index is 1100. The summed E-state index contributed by atoms with van der Waals surface area (Å²) in [4.78, 5) is 29.6. The van der Waals surface area contributed by atoms with Crippen molar-refractivity contribution in [1.29, 1.82) is 0 Å². The van der Waals surface area contributed by atoms with Crippen molar-refractivity contribution < 1.29 is 18.7 Å². The molecule has 0 radical (unpaired) electrons. The second kappa shape index (κ2) is 8.38. The molecule has 6 nitrogen and oxygen atoms in total. The zero-order chi connectivity index (χ0) is 21.2. The van der Waals surface area contributed by atoms with Gasteiger partial charge in [0.05, 0.1) is 6.04 Å². The molecule has 0 saturated heterocycles. The number of oxazole rings is 1. The van der Waals surface area contributed by atoms with Crippen molar-refractivity contribution in [3.8, 4) is 11.5 Å². The molecule has 158 valence electrons. The molecule has 31 heavy (non-hydrogen) atoms. The fraction of sp³-hybridized carbons (Fsp3) is 0.320. The highest BCUT2D eigenvalue weighted by atomic mass is 16.5. The van der Waals surface area contributed by atoms with Crippen molar-refractivity contribution in [2.75, 3.05) is 6.61 Å². The van der Waals surface area contributed by atoms with Crippen LogP contribution in [0.2, 0.25) is 0 Å². The van der Waals surface area contributed by atoms with Crippen LogP contribution in [0.5, 0.6) is 0 Å². The first kappa shape index (κ1) is 19.5. The maximum absolute atomic E-state index is 12.7. The Morgan fingerprint density at radius 3 is 2.61 bits per heavy atom. The second-order valence-electron chi connectivity index (χ2n) is 8.16. The second-order valence-corrected chi connectivity index (χ2v) is 8.16. The normalized spacial score (nSPS) is 17.6. The summed E-state index contributed by atoms with van der Waals surface area (Å²) in [5.41, 5.74) is 3.39. The van der Waals surface area contributed by atoms with E-state index in [0.29, 0.717) is 11.7 Å². The summed E-state index contributed by atoms with van der Waals surface area (Å²) in [6.45, 7) is -0.338. The zero-order valence-corrected chi connectivity index (χ0v) is 17.2. The number of carbonyl (C=O) groups is 2. The molecule has 3 aromatic rings. The molecule has 1 atom stereocenters. The number of aromatic nitrogens is 1. The summed E-state index contributed by atoms with van der Waals surface area (Å²) in [6.07, 6.45) is 4.86. The average molecular weight is 416 g/mol. The van der Waals surface area contributed by atoms with Crippen LogP contribution in [0, 0.1) is 0 Å². The van der Waals surface area contributed by atoms with Gasteiger partial charge in [-0.05, 0) is 55.4 Å². The van der Waals surface area contributed by atoms with E-state index in [-0.39, 0.29) is 30.2 Å². The van der Waals surface area contributed by atoms with E-state index in [0.717, 1.165) is 43.2 Å². The van der Waals surface area contributed by atoms with Crippen molar-refractivity contribution in [2.45, 2.75) is 44.1 Å². The monoisotopic (exact) mass is 416 g/mol. The highest BCUT2D eigenvalue weighted by Crippen LogP contribution is 2.43. The van der Waals surface area contributed by atoms with Crippen LogP contribution in [0.3, 0.4) is 0 Å². The lowest BCUT2D eigenvalue weighted by Gasteiger charge is -2.26. The number of amides is 1. The molecule has 2 aliphatic carbocycles. The van der Waals surface area contributed by atoms with Gasteiger partial charge in [-0.3, -0.25) is 4.79 Å². The van der Waals surface area contributed by atoms with E-state index in [2.05, 4.69) is 16.4 Å². The fourth-order valence-corrected chi connectivity index (χ4v) is 4.14. The van der Waals surface area contributed by atoms with E-state index < -0.39 is 5.97 Å². The predicted molar refractivity (Wildman–Crippen MR) is 114 cm³/mol. The molecule has 0 aliphatic heterocycles. The number of aryl methyl sites for hydroxylation is 1. The number of benzene rings is 2. The maximum atomic E-state index is 12.7. The number of hydrogen-bond donors (Lipinski definition) is 1. The van der Waals surface area contributed by atoms with Gasteiger partial charge in [-0.1, -0.05) is 42.5 Å². The Hall–Kier alpha value is -3.41. The van der Waals surface area contributed by atoms with Crippen molar-refractivity contribution in [3.63, 3.8) is 0 Å². The number of nitrogens with one attached hydrogen (secondary N) is 1. The molecule has 5 rings (SSSR count). The Balaban J connectivity index is 1.25. The Morgan fingerprint density at radius 1 is 1.03 bits per heavy atom. The number of ether oxygens (including phenoxy) is 1. The van der Waals surface area contributed by atoms with Crippen LogP contribution < -0.4 is 5.32 Å². The van der Waals surface area contributed by atoms with Gasteiger partial charge < -0.3 is 14.5 Å². The molecule has 1 amide bonds. The van der Waals surface area contributed by atoms with Gasteiger partial charge in [-0.15, -0.1) is 0 Å². The molecule has 6 heteroatoms. The van der Waals surface area contributed by atoms with E-state index in [1.54, 1.807) is 0 Å². The molecule has 2 aliphatic rings. The summed E-state index contributed by atoms with van der Waals surface area (Å²) in [6, 6.07) is 17.6. The summed E-state index contributed by atoms with van der Waals surface area (Å²) >= 11 is 0. The largest absolute Gasteiger partial charge is 0.451 e. The van der Waals surface area contributed by atoms with Gasteiger partial charge in [-0.2, -0.15) is 0 Å². The summed E-state index contributed by atoms with van der Waals surface area (Å²) in [5, 5.41) is 3.00. The molecular weight excluding hydrogens is 392 g/mol. The van der Waals surface area contributed by atoms with Crippen LogP contribution in [-0.4, -0.2) is 23.5 Å². The molecule has 1 N–H and O–H groups in total. The zero-order valence-electron chi connectivity index (χ0n) is 17.2. The number of carbonyl (C=O) groups excluding carboxylic acids is 2. The van der Waals surface area contributed by atoms with Gasteiger partial charge in [0.2, 0.25) is 5.89 Å². The highest BCUT2D eigenvalue weighted by molar-refractivity contribution is 5.91. The fourth-order valence-electron chi connectivity index (χ4n) is 4.14. The first-order valence-electron chi connectivity index (χ1n) is 10.8. The third kappa shape index (κ3) is 4.24. The minimum Gasteiger partial charge on any atom is -0.451 e. The minimum absolute atomic E-state index is 0.0464. The van der Waals surface area contributed by atoms with Crippen LogP contribution >= 0.6 is 0 Å². The molecule has 1 fully saturated rings. The third-order valence-corrected chi connectivity index (χ3v) is 5.85. The lowest BCUT2D eigenvalue weighted by molar-refractivity contribution is -0.125. The van der Waals surface area contributed by atoms with Crippen molar-refractivity contribution in [1.82, 2.24) is 10.3 Å². The molecule has 1 saturated carbocycles. The van der Waals surface area contributed by atoms with E-state index in [9.17, 15) is 9.59 Å². The predicted octanol–water partition coefficient (Wildman–Crippen LogP) is 4.57. The van der Waals surface area contributed by atoms with Crippen molar-refractivity contribution in [2.24, 2.45) is 0 Å². The molecule has 0 spiro atoms. The van der Waals surface area contributed by atoms with Crippen LogP contribution in [-0.2, 0) is 16.0 Å². The van der Waals surface area contributed by atoms with Gasteiger partial charge in [0.15, 0.2) is 12.3 Å². The van der Waals surface area contributed by atoms with Crippen molar-refractivity contribution >= 4 is 11.9 Å². The van der Waals surface area contributed by atoms with Gasteiger partial charge in [0, 0.05) is 11.5 Å². The number of rotatable bonds is 6. The van der Waals surface area contributed by atoms with E-state index in [1.807, 2.05) is 48.5 Å². The molecule has 1 heterocycles. The number of fused-ring (bicyclic) bond motifs is 1. The molecule has 0 bridgehead atoms. The number of esters is 1. The Morgan fingerprint density at radius 2 is 1.81 bits per heavy atom. The van der Waals surface area contributed by atoms with E-state index in [1.165, 1.54) is 5.56 Å². The smallest absolute Gasteiger partial charge is 0.361 e. The lowest BCUT2D eigenvalue weighted by Crippen LogP contribution is -2.34. The summed E-state index contributed by atoms with van der Waals surface area (Å²) < 4.78 is 11.2. The molecular formula is C25H24N2O4. The molecule has 1 unspecified atom stereocenters. The van der Waals surface area contributed by atoms with E-state index in [4.69, 9.17) is 9.15 Å². The Labute approximate surface area is 180 Å². The SMILES string of the molecule is O=C(COC(=O)c1nc(-c2ccccc2)oc1C1CC1)NC1CCCc2ccccc21. The van der Waals surface area contributed by atoms with Crippen LogP contribution in [0.15, 0.2) is 59.0 Å². The van der Waals surface area contributed by atoms with Gasteiger partial charge in [0.25, 0.3) is 5.91 Å². The average Bonchev–Trinajstić information content (AvgIpc) is 3.56. The van der Waals surface area contributed by atoms with Gasteiger partial charge in [-0.25, -0.2) is 9.78 Å². The topological polar surface area (TPSA) is 81.4 Å². The third-order valence-electron chi connectivity index (χ3n) is 5.85. The standard InChI is InChI=1S/C25H24N2O4/c28-21(26-20-12-6-10-16-7-4-5-11-19(16)20)15-30-25(29)22-23(17-13-14-17)31-24(27-22)18-8-2-1-3-9-18/h1-5,7-9,11,17,20H,6,10,12-15H2,(H,26,28). The lowest BCUT2D eigenvalue weighted by atomic mass is 9.88. The Kier molecular flexibility index (Phi) is 5.28. The van der Waals surface area contributed by atoms with Crippen molar-refractivity contribution in [3.05, 3.63) is 77.2 Å². The highest BCUT2D eigenvalue weighted by Gasteiger charge is 2.35. The van der Waals surface area contributed by atoms with Gasteiger partial charge >= 0.3 is 5.97 Å². The van der Waals surface area contributed by atoms with Crippen LogP contribution in [0.25, 0.3) is 11.5 Å². The van der Waals surface area contributed by atoms with Crippen LogP contribution in [0.1, 0.15) is 65.0 Å². The number of hydrogen-bond acceptors (Lipinski definition) is 5. The van der Waals surface area contributed by atoms with E-state index >= 15 is 0 Å².